The van der Waals surface area contributed by atoms with E-state index in [1.165, 1.54) is 38.5 Å². The van der Waals surface area contributed by atoms with Gasteiger partial charge in [0.05, 0.1) is 0 Å². The third kappa shape index (κ3) is 4.19. The zero-order valence-electron chi connectivity index (χ0n) is 7.57. The lowest BCUT2D eigenvalue weighted by atomic mass is 9.98. The Balaban J connectivity index is 2.12. The van der Waals surface area contributed by atoms with Crippen LogP contribution in [0.5, 0.6) is 0 Å². The smallest absolute Gasteiger partial charge is 0.275 e. The van der Waals surface area contributed by atoms with Crippen LogP contribution in [0.1, 0.15) is 44.9 Å². The Kier molecular flexibility index (Phi) is 4.81. The van der Waals surface area contributed by atoms with E-state index in [-0.39, 0.29) is 6.04 Å². The summed E-state index contributed by atoms with van der Waals surface area (Å²) in [5, 5.41) is 0. The molecule has 0 unspecified atom stereocenters. The molecule has 0 saturated heterocycles. The average molecular weight is 192 g/mol. The summed E-state index contributed by atoms with van der Waals surface area (Å²) in [5.41, 5.74) is 0. The van der Waals surface area contributed by atoms with Crippen molar-refractivity contribution < 1.29 is 8.22 Å². The van der Waals surface area contributed by atoms with E-state index in [2.05, 4.69) is 0 Å². The van der Waals surface area contributed by atoms with Gasteiger partial charge in [-0.3, -0.25) is 8.22 Å². The summed E-state index contributed by atoms with van der Waals surface area (Å²) in [5.74, 6) is 0.633. The maximum absolute atomic E-state index is 12.0. The molecule has 0 N–H and O–H groups in total. The van der Waals surface area contributed by atoms with Crippen LogP contribution in [-0.2, 0) is 0 Å². The van der Waals surface area contributed by atoms with Gasteiger partial charge in [0.25, 0.3) is 0 Å². The summed E-state index contributed by atoms with van der Waals surface area (Å²) in [6.45, 7) is 0. The van der Waals surface area contributed by atoms with Gasteiger partial charge in [0.2, 0.25) is 0 Å². The van der Waals surface area contributed by atoms with E-state index in [9.17, 15) is 8.22 Å². The van der Waals surface area contributed by atoms with Crippen LogP contribution in [0.4, 0.5) is 8.22 Å². The number of hydrogen-bond donors (Lipinski definition) is 0. The minimum absolute atomic E-state index is 0.255. The third-order valence-electron chi connectivity index (χ3n) is 2.77. The predicted octanol–water partition coefficient (Wildman–Crippen LogP) is 3.51. The number of rotatable bonds is 3. The molecule has 12 heavy (non-hydrogen) atoms. The summed E-state index contributed by atoms with van der Waals surface area (Å²) in [7, 11) is -3.26. The van der Waals surface area contributed by atoms with Crippen LogP contribution in [0.25, 0.3) is 0 Å². The van der Waals surface area contributed by atoms with Gasteiger partial charge in [-0.25, -0.2) is 0 Å². The van der Waals surface area contributed by atoms with Gasteiger partial charge in [-0.15, -0.1) is 0 Å². The normalized spacial score (nSPS) is 21.2. The van der Waals surface area contributed by atoms with Gasteiger partial charge < -0.3 is 0 Å². The van der Waals surface area contributed by atoms with Crippen LogP contribution in [0.3, 0.4) is 0 Å². The fourth-order valence-electron chi connectivity index (χ4n) is 2.01. The van der Waals surface area contributed by atoms with E-state index in [1.807, 2.05) is 0 Å². The first-order valence-corrected chi connectivity index (χ1v) is 6.76. The molecule has 0 aromatic rings. The first-order valence-electron chi connectivity index (χ1n) is 5.07. The molecule has 0 heterocycles. The fourth-order valence-corrected chi connectivity index (χ4v) is 2.74. The van der Waals surface area contributed by atoms with Crippen LogP contribution in [0.2, 0.25) is 6.04 Å². The van der Waals surface area contributed by atoms with Crippen LogP contribution >= 0.6 is 0 Å². The van der Waals surface area contributed by atoms with Gasteiger partial charge in [0.15, 0.2) is 0 Å². The van der Waals surface area contributed by atoms with Crippen molar-refractivity contribution in [3.8, 4) is 0 Å². The molecule has 0 spiro atoms. The minimum atomic E-state index is -3.26. The predicted molar refractivity (Wildman–Crippen MR) is 50.0 cm³/mol. The molecule has 0 radical (unpaired) electrons. The molecule has 0 atom stereocenters. The molecule has 0 bridgehead atoms. The van der Waals surface area contributed by atoms with Gasteiger partial charge >= 0.3 is 9.46 Å². The van der Waals surface area contributed by atoms with Crippen molar-refractivity contribution in [3.05, 3.63) is 0 Å². The first kappa shape index (κ1) is 10.2. The summed E-state index contributed by atoms with van der Waals surface area (Å²) in [6.07, 6.45) is 8.42. The monoisotopic (exact) mass is 192 g/mol. The van der Waals surface area contributed by atoms with Crippen LogP contribution < -0.4 is 0 Å². The Hall–Kier alpha value is 0.0769. The fraction of sp³-hybridized carbons (Fsp3) is 1.00. The summed E-state index contributed by atoms with van der Waals surface area (Å²) < 4.78 is 24.1. The van der Waals surface area contributed by atoms with E-state index in [0.717, 1.165) is 6.42 Å². The third-order valence-corrected chi connectivity index (χ3v) is 3.54. The van der Waals surface area contributed by atoms with E-state index < -0.39 is 9.46 Å². The second kappa shape index (κ2) is 5.68. The Bertz CT molecular complexity index is 109. The molecule has 0 amide bonds. The van der Waals surface area contributed by atoms with Crippen molar-refractivity contribution in [2.75, 3.05) is 0 Å². The van der Waals surface area contributed by atoms with Crippen LogP contribution in [0.15, 0.2) is 0 Å². The van der Waals surface area contributed by atoms with Crippen molar-refractivity contribution in [1.82, 2.24) is 0 Å². The largest absolute Gasteiger partial charge is 0.411 e. The highest BCUT2D eigenvalue weighted by Crippen LogP contribution is 2.27. The minimum Gasteiger partial charge on any atom is -0.275 e. The molecule has 1 aliphatic carbocycles. The second-order valence-corrected chi connectivity index (χ2v) is 5.19. The molecule has 3 heteroatoms. The van der Waals surface area contributed by atoms with Gasteiger partial charge in [0, 0.05) is 0 Å². The lowest BCUT2D eigenvalue weighted by Crippen LogP contribution is -2.03. The molecule has 1 rings (SSSR count). The summed E-state index contributed by atoms with van der Waals surface area (Å²) >= 11 is 0. The summed E-state index contributed by atoms with van der Waals surface area (Å²) in [6, 6.07) is 0.255. The topological polar surface area (TPSA) is 0 Å². The number of halogens is 2. The molecular weight excluding hydrogens is 174 g/mol. The van der Waals surface area contributed by atoms with Gasteiger partial charge in [0.1, 0.15) is 0 Å². The van der Waals surface area contributed by atoms with E-state index in [0.29, 0.717) is 5.92 Å². The SMILES string of the molecule is F[SiH](F)CCC1CCCCCC1. The standard InChI is InChI=1S/C9H18F2Si/c10-12(11)8-7-9-5-3-1-2-4-6-9/h9,12H,1-8H2. The molecule has 1 aliphatic rings. The second-order valence-electron chi connectivity index (χ2n) is 3.83. The quantitative estimate of drug-likeness (QED) is 0.365. The Morgan fingerprint density at radius 3 is 2.08 bits per heavy atom. The number of hydrogen-bond acceptors (Lipinski definition) is 0. The van der Waals surface area contributed by atoms with Gasteiger partial charge in [-0.05, 0) is 18.4 Å². The van der Waals surface area contributed by atoms with Crippen molar-refractivity contribution in [1.29, 1.82) is 0 Å². The molecule has 1 fully saturated rings. The zero-order valence-corrected chi connectivity index (χ0v) is 8.72. The molecule has 72 valence electrons. The van der Waals surface area contributed by atoms with Crippen molar-refractivity contribution in [2.45, 2.75) is 51.0 Å². The maximum atomic E-state index is 12.0. The Morgan fingerprint density at radius 2 is 1.58 bits per heavy atom. The highest BCUT2D eigenvalue weighted by atomic mass is 28.4. The van der Waals surface area contributed by atoms with Gasteiger partial charge in [-0.2, -0.15) is 0 Å². The Labute approximate surface area is 75.3 Å². The molecule has 0 aromatic heterocycles. The van der Waals surface area contributed by atoms with E-state index in [1.54, 1.807) is 0 Å². The molecule has 0 aromatic carbocycles. The van der Waals surface area contributed by atoms with Crippen molar-refractivity contribution in [2.24, 2.45) is 5.92 Å². The van der Waals surface area contributed by atoms with Crippen molar-refractivity contribution in [3.63, 3.8) is 0 Å². The molecule has 0 nitrogen and oxygen atoms in total. The van der Waals surface area contributed by atoms with Gasteiger partial charge in [-0.1, -0.05) is 38.5 Å². The maximum Gasteiger partial charge on any atom is 0.411 e. The Morgan fingerprint density at radius 1 is 1.00 bits per heavy atom. The van der Waals surface area contributed by atoms with E-state index in [4.69, 9.17) is 0 Å². The first-order chi connectivity index (χ1) is 5.79. The van der Waals surface area contributed by atoms with E-state index >= 15 is 0 Å². The molecule has 1 saturated carbocycles. The zero-order chi connectivity index (χ0) is 8.81. The highest BCUT2D eigenvalue weighted by molar-refractivity contribution is 6.42. The molecule has 0 aliphatic heterocycles. The van der Waals surface area contributed by atoms with Crippen LogP contribution in [-0.4, -0.2) is 9.46 Å². The average Bonchev–Trinajstić information content (AvgIpc) is 2.28. The molecular formula is C9H18F2Si. The van der Waals surface area contributed by atoms with Crippen molar-refractivity contribution >= 4 is 9.46 Å². The highest BCUT2D eigenvalue weighted by Gasteiger charge is 2.15. The lowest BCUT2D eigenvalue weighted by molar-refractivity contribution is 0.437. The summed E-state index contributed by atoms with van der Waals surface area (Å²) in [4.78, 5) is 0. The lowest BCUT2D eigenvalue weighted by Gasteiger charge is -2.12. The van der Waals surface area contributed by atoms with Crippen LogP contribution in [0, 0.1) is 5.92 Å².